The Balaban J connectivity index is 0.000000170. The number of nitrogens with zero attached hydrogens (tertiary/aromatic N) is 2. The first kappa shape index (κ1) is 38.7. The van der Waals surface area contributed by atoms with Crippen molar-refractivity contribution in [2.45, 2.75) is 58.9 Å². The van der Waals surface area contributed by atoms with E-state index in [2.05, 4.69) is 127 Å². The van der Waals surface area contributed by atoms with Gasteiger partial charge in [-0.2, -0.15) is 12.1 Å². The van der Waals surface area contributed by atoms with Crippen LogP contribution in [0.3, 0.4) is 0 Å². The molecule has 0 atom stereocenters. The second kappa shape index (κ2) is 21.8. The molecule has 2 heterocycles. The van der Waals surface area contributed by atoms with Crippen molar-refractivity contribution in [1.82, 2.24) is 9.97 Å². The molecule has 5 aromatic carbocycles. The number of aryl methyl sites for hydroxylation is 2. The first-order valence-corrected chi connectivity index (χ1v) is 24.8. The van der Waals surface area contributed by atoms with Gasteiger partial charge in [0.05, 0.1) is 20.9 Å². The molecule has 0 aliphatic heterocycles. The van der Waals surface area contributed by atoms with Crippen molar-refractivity contribution in [2.24, 2.45) is 0 Å². The van der Waals surface area contributed by atoms with Crippen LogP contribution < -0.4 is 5.19 Å². The molecule has 0 saturated heterocycles. The van der Waals surface area contributed by atoms with Crippen LogP contribution in [0.2, 0.25) is 6.55 Å². The molecule has 0 aliphatic carbocycles. The zero-order chi connectivity index (χ0) is 34.7. The summed E-state index contributed by atoms with van der Waals surface area (Å²) in [6.45, 7) is 6.67. The molecule has 248 valence electrons. The summed E-state index contributed by atoms with van der Waals surface area (Å²) in [4.78, 5) is 8.94. The SMILES string of the molecule is CCCCc1cc2c(-c3ccccn3)cccc2[cH-]1.CCCCc1cc2c(-c3ccccn3)cccc2[cH-]1.C[Si]c1ccccc1.[Cl][Zr+2][Cl]. The summed E-state index contributed by atoms with van der Waals surface area (Å²) in [5, 5.41) is 6.75. The number of pyridine rings is 2. The maximum absolute atomic E-state index is 4.93. The van der Waals surface area contributed by atoms with Crippen molar-refractivity contribution >= 4 is 53.3 Å². The molecular weight excluding hydrogens is 735 g/mol. The Morgan fingerprint density at radius 1 is 0.592 bits per heavy atom. The zero-order valence-corrected chi connectivity index (χ0v) is 33.6. The Hall–Kier alpha value is -3.14. The average Bonchev–Trinajstić information content (AvgIpc) is 3.79. The standard InChI is InChI=1S/2C18H18N.C7H8Si.2ClH.Zr/c2*1-2-3-7-14-12-15-8-6-9-16(17(15)13-14)18-10-4-5-11-19-18;1-8-7-5-3-2-4-6-7;;;/h2*4-6,8-13H,2-3,7H2,1H3;2-6H,1H3;2*1H;/q2*-1;;;;+4/p-2. The molecule has 49 heavy (non-hydrogen) atoms. The van der Waals surface area contributed by atoms with Crippen LogP contribution >= 0.6 is 17.0 Å². The average molecular weight is 779 g/mol. The van der Waals surface area contributed by atoms with Gasteiger partial charge in [-0.3, -0.25) is 9.97 Å². The van der Waals surface area contributed by atoms with Crippen LogP contribution in [0.25, 0.3) is 44.1 Å². The van der Waals surface area contributed by atoms with Gasteiger partial charge in [-0.05, 0) is 48.2 Å². The number of hydrogen-bond donors (Lipinski definition) is 0. The van der Waals surface area contributed by atoms with Crippen molar-refractivity contribution in [1.29, 1.82) is 0 Å². The fourth-order valence-electron chi connectivity index (χ4n) is 5.74. The molecule has 0 amide bonds. The molecule has 0 fully saturated rings. The van der Waals surface area contributed by atoms with E-state index in [1.807, 2.05) is 42.7 Å². The molecule has 6 heteroatoms. The number of rotatable bonds is 9. The normalized spacial score (nSPS) is 10.2. The molecule has 7 aromatic rings. The number of hydrogen-bond acceptors (Lipinski definition) is 2. The number of aromatic nitrogens is 2. The minimum atomic E-state index is -0.826. The van der Waals surface area contributed by atoms with Gasteiger partial charge in [-0.1, -0.05) is 106 Å². The van der Waals surface area contributed by atoms with Crippen LogP contribution in [0, 0.1) is 0 Å². The fourth-order valence-corrected chi connectivity index (χ4v) is 6.27. The molecule has 0 aliphatic rings. The Morgan fingerprint density at radius 3 is 1.41 bits per heavy atom. The summed E-state index contributed by atoms with van der Waals surface area (Å²) < 4.78 is 0. The molecule has 7 rings (SSSR count). The van der Waals surface area contributed by atoms with E-state index < -0.39 is 20.8 Å². The van der Waals surface area contributed by atoms with Gasteiger partial charge >= 0.3 is 37.9 Å². The summed E-state index contributed by atoms with van der Waals surface area (Å²) in [5.74, 6) is 0. The number of unbranched alkanes of at least 4 members (excludes halogenated alkanes) is 2. The van der Waals surface area contributed by atoms with Gasteiger partial charge in [0.1, 0.15) is 0 Å². The van der Waals surface area contributed by atoms with Crippen LogP contribution in [-0.4, -0.2) is 19.5 Å². The molecule has 2 radical (unpaired) electrons. The second-order valence-electron chi connectivity index (χ2n) is 11.7. The molecular formula is C43H44Cl2N2SiZr. The third kappa shape index (κ3) is 12.0. The first-order valence-electron chi connectivity index (χ1n) is 17.0. The van der Waals surface area contributed by atoms with E-state index in [4.69, 9.17) is 17.0 Å². The number of benzene rings is 3. The summed E-state index contributed by atoms with van der Waals surface area (Å²) in [5.41, 5.74) is 7.48. The second-order valence-corrected chi connectivity index (χ2v) is 16.5. The van der Waals surface area contributed by atoms with Gasteiger partial charge < -0.3 is 0 Å². The molecule has 0 N–H and O–H groups in total. The Kier molecular flexibility index (Phi) is 17.2. The Bertz CT molecular complexity index is 1800. The van der Waals surface area contributed by atoms with Crippen molar-refractivity contribution in [3.05, 3.63) is 151 Å². The van der Waals surface area contributed by atoms with Gasteiger partial charge in [0, 0.05) is 12.4 Å². The van der Waals surface area contributed by atoms with Gasteiger partial charge in [-0.15, -0.1) is 69.1 Å². The van der Waals surface area contributed by atoms with Crippen LogP contribution in [0.1, 0.15) is 50.7 Å². The van der Waals surface area contributed by atoms with Crippen molar-refractivity contribution < 1.29 is 20.8 Å². The summed E-state index contributed by atoms with van der Waals surface area (Å²) >= 11 is -0.826. The molecule has 0 unspecified atom stereocenters. The molecule has 0 spiro atoms. The third-order valence-electron chi connectivity index (χ3n) is 8.20. The quantitative estimate of drug-likeness (QED) is 0.108. The Morgan fingerprint density at radius 2 is 1.04 bits per heavy atom. The zero-order valence-electron chi connectivity index (χ0n) is 28.7. The first-order chi connectivity index (χ1) is 24.1. The number of fused-ring (bicyclic) bond motifs is 2. The fraction of sp³-hybridized carbons (Fsp3) is 0.209. The van der Waals surface area contributed by atoms with Gasteiger partial charge in [0.2, 0.25) is 0 Å². The van der Waals surface area contributed by atoms with E-state index in [-0.39, 0.29) is 0 Å². The molecule has 0 saturated carbocycles. The van der Waals surface area contributed by atoms with Crippen LogP contribution in [0.4, 0.5) is 0 Å². The Labute approximate surface area is 314 Å². The molecule has 2 nitrogen and oxygen atoms in total. The van der Waals surface area contributed by atoms with Crippen LogP contribution in [0.15, 0.2) is 140 Å². The van der Waals surface area contributed by atoms with Gasteiger partial charge in [0.15, 0.2) is 0 Å². The van der Waals surface area contributed by atoms with Crippen molar-refractivity contribution in [3.8, 4) is 22.5 Å². The maximum atomic E-state index is 4.93. The van der Waals surface area contributed by atoms with E-state index in [9.17, 15) is 0 Å². The van der Waals surface area contributed by atoms with Crippen molar-refractivity contribution in [3.63, 3.8) is 0 Å². The van der Waals surface area contributed by atoms with E-state index in [1.165, 1.54) is 87.5 Å². The van der Waals surface area contributed by atoms with E-state index in [0.717, 1.165) is 20.9 Å². The molecule has 0 bridgehead atoms. The minimum absolute atomic E-state index is 0.826. The predicted octanol–water partition coefficient (Wildman–Crippen LogP) is 12.4. The van der Waals surface area contributed by atoms with Gasteiger partial charge in [-0.25, -0.2) is 0 Å². The monoisotopic (exact) mass is 776 g/mol. The van der Waals surface area contributed by atoms with E-state index >= 15 is 0 Å². The summed E-state index contributed by atoms with van der Waals surface area (Å²) in [6, 6.07) is 44.9. The summed E-state index contributed by atoms with van der Waals surface area (Å²) in [7, 11) is 10.8. The van der Waals surface area contributed by atoms with E-state index in [0.29, 0.717) is 0 Å². The van der Waals surface area contributed by atoms with Crippen LogP contribution in [-0.2, 0) is 33.7 Å². The predicted molar refractivity (Wildman–Crippen MR) is 212 cm³/mol. The topological polar surface area (TPSA) is 25.8 Å². The van der Waals surface area contributed by atoms with Crippen molar-refractivity contribution in [2.75, 3.05) is 0 Å². The number of halogens is 2. The third-order valence-corrected chi connectivity index (χ3v) is 9.11. The molecule has 2 aromatic heterocycles. The summed E-state index contributed by atoms with van der Waals surface area (Å²) in [6.07, 6.45) is 11.1. The van der Waals surface area contributed by atoms with Crippen LogP contribution in [0.5, 0.6) is 0 Å². The van der Waals surface area contributed by atoms with Gasteiger partial charge in [0.25, 0.3) is 0 Å². The van der Waals surface area contributed by atoms with E-state index in [1.54, 1.807) is 0 Å².